The van der Waals surface area contributed by atoms with E-state index in [1.807, 2.05) is 0 Å². The third-order valence-corrected chi connectivity index (χ3v) is 4.24. The van der Waals surface area contributed by atoms with Crippen molar-refractivity contribution in [2.24, 2.45) is 0 Å². The lowest BCUT2D eigenvalue weighted by molar-refractivity contribution is -0.122. The van der Waals surface area contributed by atoms with Crippen molar-refractivity contribution in [1.29, 1.82) is 0 Å². The fourth-order valence-electron chi connectivity index (χ4n) is 3.02. The molecule has 2 atom stereocenters. The molecule has 2 aliphatic rings. The molecular formula is C14H27N3O. The van der Waals surface area contributed by atoms with Crippen LogP contribution in [-0.4, -0.2) is 49.1 Å². The van der Waals surface area contributed by atoms with Crippen LogP contribution in [0, 0.1) is 0 Å². The molecule has 2 unspecified atom stereocenters. The van der Waals surface area contributed by atoms with E-state index in [-0.39, 0.29) is 11.9 Å². The number of piperidine rings is 1. The molecule has 2 rings (SSSR count). The lowest BCUT2D eigenvalue weighted by Gasteiger charge is -2.33. The highest BCUT2D eigenvalue weighted by molar-refractivity contribution is 5.81. The molecule has 4 nitrogen and oxygen atoms in total. The molecule has 0 spiro atoms. The van der Waals surface area contributed by atoms with Gasteiger partial charge in [0.05, 0.1) is 6.04 Å². The van der Waals surface area contributed by atoms with E-state index in [9.17, 15) is 4.79 Å². The maximum absolute atomic E-state index is 11.8. The zero-order valence-corrected chi connectivity index (χ0v) is 11.6. The Bertz CT molecular complexity index is 264. The SMILES string of the molecule is CC1CCCCN1CCCNC(=O)C1CCCN1. The second kappa shape index (κ2) is 7.10. The summed E-state index contributed by atoms with van der Waals surface area (Å²) in [6, 6.07) is 0.796. The van der Waals surface area contributed by atoms with E-state index in [4.69, 9.17) is 0 Å². The van der Waals surface area contributed by atoms with Gasteiger partial charge in [-0.05, 0) is 52.1 Å². The van der Waals surface area contributed by atoms with Crippen LogP contribution in [0.25, 0.3) is 0 Å². The molecule has 0 radical (unpaired) electrons. The van der Waals surface area contributed by atoms with Crippen LogP contribution in [0.5, 0.6) is 0 Å². The smallest absolute Gasteiger partial charge is 0.237 e. The summed E-state index contributed by atoms with van der Waals surface area (Å²) in [6.07, 6.45) is 7.24. The Hall–Kier alpha value is -0.610. The quantitative estimate of drug-likeness (QED) is 0.722. The summed E-state index contributed by atoms with van der Waals surface area (Å²) in [5, 5.41) is 6.28. The van der Waals surface area contributed by atoms with Crippen LogP contribution in [0.3, 0.4) is 0 Å². The average molecular weight is 253 g/mol. The molecule has 0 bridgehead atoms. The molecule has 0 saturated carbocycles. The van der Waals surface area contributed by atoms with Gasteiger partial charge >= 0.3 is 0 Å². The van der Waals surface area contributed by atoms with Gasteiger partial charge in [-0.1, -0.05) is 6.42 Å². The lowest BCUT2D eigenvalue weighted by Crippen LogP contribution is -2.42. The Morgan fingerprint density at radius 2 is 2.22 bits per heavy atom. The van der Waals surface area contributed by atoms with E-state index in [0.29, 0.717) is 0 Å². The second-order valence-corrected chi connectivity index (χ2v) is 5.67. The number of amides is 1. The fourth-order valence-corrected chi connectivity index (χ4v) is 3.02. The zero-order valence-electron chi connectivity index (χ0n) is 11.6. The lowest BCUT2D eigenvalue weighted by atomic mass is 10.0. The van der Waals surface area contributed by atoms with Crippen molar-refractivity contribution in [2.45, 2.75) is 57.5 Å². The van der Waals surface area contributed by atoms with Crippen molar-refractivity contribution in [3.63, 3.8) is 0 Å². The number of rotatable bonds is 5. The van der Waals surface area contributed by atoms with Crippen LogP contribution in [0.15, 0.2) is 0 Å². The number of likely N-dealkylation sites (tertiary alicyclic amines) is 1. The monoisotopic (exact) mass is 253 g/mol. The first-order chi connectivity index (χ1) is 8.77. The molecule has 0 aromatic heterocycles. The predicted molar refractivity (Wildman–Crippen MR) is 73.5 cm³/mol. The average Bonchev–Trinajstić information content (AvgIpc) is 2.90. The Labute approximate surface area is 110 Å². The van der Waals surface area contributed by atoms with Gasteiger partial charge in [0, 0.05) is 19.1 Å². The predicted octanol–water partition coefficient (Wildman–Crippen LogP) is 1.12. The third-order valence-electron chi connectivity index (χ3n) is 4.24. The minimum absolute atomic E-state index is 0.0684. The van der Waals surface area contributed by atoms with Crippen molar-refractivity contribution >= 4 is 5.91 Å². The summed E-state index contributed by atoms with van der Waals surface area (Å²) in [5.41, 5.74) is 0. The first-order valence-corrected chi connectivity index (χ1v) is 7.52. The van der Waals surface area contributed by atoms with Crippen LogP contribution in [0.1, 0.15) is 45.4 Å². The maximum atomic E-state index is 11.8. The topological polar surface area (TPSA) is 44.4 Å². The van der Waals surface area contributed by atoms with E-state index in [0.717, 1.165) is 44.9 Å². The summed E-state index contributed by atoms with van der Waals surface area (Å²) >= 11 is 0. The van der Waals surface area contributed by atoms with E-state index in [2.05, 4.69) is 22.5 Å². The van der Waals surface area contributed by atoms with Crippen LogP contribution in [0.4, 0.5) is 0 Å². The van der Waals surface area contributed by atoms with Crippen molar-refractivity contribution in [3.05, 3.63) is 0 Å². The van der Waals surface area contributed by atoms with Gasteiger partial charge in [0.15, 0.2) is 0 Å². The molecule has 1 amide bonds. The van der Waals surface area contributed by atoms with Crippen LogP contribution >= 0.6 is 0 Å². The van der Waals surface area contributed by atoms with Crippen molar-refractivity contribution < 1.29 is 4.79 Å². The van der Waals surface area contributed by atoms with E-state index >= 15 is 0 Å². The van der Waals surface area contributed by atoms with Gasteiger partial charge in [-0.25, -0.2) is 0 Å². The number of carbonyl (C=O) groups excluding carboxylic acids is 1. The molecule has 0 aromatic rings. The standard InChI is InChI=1S/C14H27N3O/c1-12-6-2-3-10-17(12)11-5-9-16-14(18)13-7-4-8-15-13/h12-13,15H,2-11H2,1H3,(H,16,18). The number of nitrogens with one attached hydrogen (secondary N) is 2. The molecule has 0 aromatic carbocycles. The largest absolute Gasteiger partial charge is 0.355 e. The third kappa shape index (κ3) is 3.95. The fraction of sp³-hybridized carbons (Fsp3) is 0.929. The number of nitrogens with zero attached hydrogens (tertiary/aromatic N) is 1. The number of carbonyl (C=O) groups is 1. The maximum Gasteiger partial charge on any atom is 0.237 e. The second-order valence-electron chi connectivity index (χ2n) is 5.67. The Morgan fingerprint density at radius 3 is 2.94 bits per heavy atom. The normalized spacial score (nSPS) is 29.4. The molecule has 4 heteroatoms. The Balaban J connectivity index is 1.56. The summed E-state index contributed by atoms with van der Waals surface area (Å²) in [7, 11) is 0. The van der Waals surface area contributed by atoms with Gasteiger partial charge in [-0.3, -0.25) is 4.79 Å². The molecule has 2 saturated heterocycles. The van der Waals surface area contributed by atoms with Gasteiger partial charge in [0.1, 0.15) is 0 Å². The number of hydrogen-bond donors (Lipinski definition) is 2. The highest BCUT2D eigenvalue weighted by atomic mass is 16.2. The van der Waals surface area contributed by atoms with Gasteiger partial charge in [0.2, 0.25) is 5.91 Å². The highest BCUT2D eigenvalue weighted by Crippen LogP contribution is 2.16. The van der Waals surface area contributed by atoms with Crippen molar-refractivity contribution in [2.75, 3.05) is 26.2 Å². The molecule has 18 heavy (non-hydrogen) atoms. The summed E-state index contributed by atoms with van der Waals surface area (Å²) in [6.45, 7) is 6.49. The summed E-state index contributed by atoms with van der Waals surface area (Å²) < 4.78 is 0. The molecule has 2 N–H and O–H groups in total. The minimum atomic E-state index is 0.0684. The highest BCUT2D eigenvalue weighted by Gasteiger charge is 2.21. The Morgan fingerprint density at radius 1 is 1.33 bits per heavy atom. The van der Waals surface area contributed by atoms with E-state index < -0.39 is 0 Å². The summed E-state index contributed by atoms with van der Waals surface area (Å²) in [5.74, 6) is 0.194. The van der Waals surface area contributed by atoms with Crippen molar-refractivity contribution in [3.8, 4) is 0 Å². The molecule has 104 valence electrons. The molecule has 2 heterocycles. The van der Waals surface area contributed by atoms with Gasteiger partial charge < -0.3 is 15.5 Å². The molecule has 2 aliphatic heterocycles. The van der Waals surface area contributed by atoms with Crippen LogP contribution in [-0.2, 0) is 4.79 Å². The van der Waals surface area contributed by atoms with Crippen molar-refractivity contribution in [1.82, 2.24) is 15.5 Å². The number of hydrogen-bond acceptors (Lipinski definition) is 3. The molecule has 0 aliphatic carbocycles. The zero-order chi connectivity index (χ0) is 12.8. The molecule has 2 fully saturated rings. The van der Waals surface area contributed by atoms with Gasteiger partial charge in [-0.15, -0.1) is 0 Å². The van der Waals surface area contributed by atoms with Crippen LogP contribution < -0.4 is 10.6 Å². The minimum Gasteiger partial charge on any atom is -0.355 e. The van der Waals surface area contributed by atoms with Crippen LogP contribution in [0.2, 0.25) is 0 Å². The van der Waals surface area contributed by atoms with Gasteiger partial charge in [0.25, 0.3) is 0 Å². The van der Waals surface area contributed by atoms with E-state index in [1.165, 1.54) is 25.8 Å². The molecular weight excluding hydrogens is 226 g/mol. The Kier molecular flexibility index (Phi) is 5.45. The van der Waals surface area contributed by atoms with E-state index in [1.54, 1.807) is 0 Å². The first-order valence-electron chi connectivity index (χ1n) is 7.52. The summed E-state index contributed by atoms with van der Waals surface area (Å²) in [4.78, 5) is 14.3. The van der Waals surface area contributed by atoms with Gasteiger partial charge in [-0.2, -0.15) is 0 Å². The first kappa shape index (κ1) is 13.8.